The Morgan fingerprint density at radius 2 is 2.04 bits per heavy atom. The summed E-state index contributed by atoms with van der Waals surface area (Å²) >= 11 is 1.25. The Kier molecular flexibility index (Phi) is 5.06. The predicted molar refractivity (Wildman–Crippen MR) is 101 cm³/mol. The van der Waals surface area contributed by atoms with E-state index < -0.39 is 12.1 Å². The van der Waals surface area contributed by atoms with E-state index in [2.05, 4.69) is 10.0 Å². The highest BCUT2D eigenvalue weighted by Gasteiger charge is 2.46. The van der Waals surface area contributed by atoms with E-state index >= 15 is 0 Å². The first kappa shape index (κ1) is 18.5. The molecule has 1 saturated heterocycles. The van der Waals surface area contributed by atoms with Crippen LogP contribution in [0.3, 0.4) is 0 Å². The number of carbonyl (C=O) groups excluding carboxylic acids is 3. The average molecular weight is 374 g/mol. The fourth-order valence-electron chi connectivity index (χ4n) is 3.02. The lowest BCUT2D eigenvalue weighted by molar-refractivity contribution is -0.133. The molecule has 1 fully saturated rings. The molecule has 2 aliphatic heterocycles. The van der Waals surface area contributed by atoms with Crippen LogP contribution in [0.2, 0.25) is 0 Å². The van der Waals surface area contributed by atoms with Crippen molar-refractivity contribution in [1.29, 1.82) is 0 Å². The Labute approximate surface area is 156 Å². The van der Waals surface area contributed by atoms with Crippen LogP contribution in [-0.2, 0) is 9.59 Å². The van der Waals surface area contributed by atoms with Crippen molar-refractivity contribution < 1.29 is 14.4 Å². The molecular formula is C18H22N4O3S. The maximum atomic E-state index is 12.8. The molecule has 8 heteroatoms. The highest BCUT2D eigenvalue weighted by atomic mass is 32.2. The molecule has 0 saturated carbocycles. The average Bonchev–Trinajstić information content (AvgIpc) is 3.05. The van der Waals surface area contributed by atoms with Crippen LogP contribution >= 0.6 is 11.9 Å². The van der Waals surface area contributed by atoms with E-state index in [0.29, 0.717) is 5.70 Å². The van der Waals surface area contributed by atoms with Gasteiger partial charge < -0.3 is 5.32 Å². The first-order valence-corrected chi connectivity index (χ1v) is 9.31. The van der Waals surface area contributed by atoms with Gasteiger partial charge >= 0.3 is 6.03 Å². The second kappa shape index (κ2) is 7.13. The van der Waals surface area contributed by atoms with E-state index in [0.717, 1.165) is 16.8 Å². The molecule has 0 aromatic heterocycles. The van der Waals surface area contributed by atoms with Gasteiger partial charge in [0.25, 0.3) is 5.91 Å². The van der Waals surface area contributed by atoms with E-state index in [1.54, 1.807) is 19.3 Å². The number of nitrogens with one attached hydrogen (secondary N) is 2. The third kappa shape index (κ3) is 3.22. The number of imide groups is 1. The monoisotopic (exact) mass is 374 g/mol. The minimum absolute atomic E-state index is 0.146. The van der Waals surface area contributed by atoms with Gasteiger partial charge in [-0.25, -0.2) is 9.52 Å². The zero-order valence-electron chi connectivity index (χ0n) is 15.2. The van der Waals surface area contributed by atoms with Crippen molar-refractivity contribution in [3.05, 3.63) is 40.4 Å². The van der Waals surface area contributed by atoms with Gasteiger partial charge in [0, 0.05) is 17.1 Å². The van der Waals surface area contributed by atoms with Gasteiger partial charge in [-0.3, -0.25) is 19.4 Å². The summed E-state index contributed by atoms with van der Waals surface area (Å²) in [5, 5.41) is 4.57. The van der Waals surface area contributed by atoms with Crippen molar-refractivity contribution in [2.24, 2.45) is 0 Å². The third-order valence-corrected chi connectivity index (χ3v) is 5.32. The Hall–Kier alpha value is -2.32. The van der Waals surface area contributed by atoms with Crippen molar-refractivity contribution in [3.63, 3.8) is 0 Å². The molecule has 0 radical (unpaired) electrons. The Balaban J connectivity index is 1.81. The summed E-state index contributed by atoms with van der Waals surface area (Å²) < 4.78 is 2.99. The van der Waals surface area contributed by atoms with Gasteiger partial charge in [-0.1, -0.05) is 24.1 Å². The molecule has 7 nitrogen and oxygen atoms in total. The zero-order valence-corrected chi connectivity index (χ0v) is 16.0. The van der Waals surface area contributed by atoms with Gasteiger partial charge in [0.1, 0.15) is 12.6 Å². The molecule has 26 heavy (non-hydrogen) atoms. The van der Waals surface area contributed by atoms with E-state index in [-0.39, 0.29) is 24.4 Å². The van der Waals surface area contributed by atoms with Gasteiger partial charge in [0.05, 0.1) is 5.70 Å². The largest absolute Gasteiger partial charge is 0.331 e. The normalized spacial score (nSPS) is 19.7. The molecule has 0 spiro atoms. The SMILES string of the molecule is Cc1cccc(NC(=O)CN2C(=O)N(C(C)C)C(=O)C3NSC=C32)c1C. The zero-order chi connectivity index (χ0) is 19.0. The fraction of sp³-hybridized carbons (Fsp3) is 0.389. The van der Waals surface area contributed by atoms with E-state index in [4.69, 9.17) is 0 Å². The van der Waals surface area contributed by atoms with Crippen LogP contribution in [0.1, 0.15) is 25.0 Å². The maximum Gasteiger partial charge on any atom is 0.331 e. The van der Waals surface area contributed by atoms with Gasteiger partial charge in [0.15, 0.2) is 0 Å². The number of hydrogen-bond donors (Lipinski definition) is 2. The number of urea groups is 1. The van der Waals surface area contributed by atoms with Crippen LogP contribution in [0.5, 0.6) is 0 Å². The highest BCUT2D eigenvalue weighted by Crippen LogP contribution is 2.30. The number of nitrogens with zero attached hydrogens (tertiary/aromatic N) is 2. The molecule has 1 aromatic carbocycles. The van der Waals surface area contributed by atoms with Crippen LogP contribution in [0.4, 0.5) is 10.5 Å². The predicted octanol–water partition coefficient (Wildman–Crippen LogP) is 2.38. The van der Waals surface area contributed by atoms with Crippen molar-refractivity contribution >= 4 is 35.5 Å². The van der Waals surface area contributed by atoms with Crippen molar-refractivity contribution in [3.8, 4) is 0 Å². The first-order chi connectivity index (χ1) is 12.3. The number of anilines is 1. The topological polar surface area (TPSA) is 81.8 Å². The summed E-state index contributed by atoms with van der Waals surface area (Å²) in [5.74, 6) is -0.589. The highest BCUT2D eigenvalue weighted by molar-refractivity contribution is 8.00. The molecule has 0 bridgehead atoms. The standard InChI is InChI=1S/C18H22N4O3S/c1-10(2)22-17(24)16-14(9-26-20-16)21(18(22)25)8-15(23)19-13-7-5-6-11(3)12(13)4/h5-7,9-10,16,20H,8H2,1-4H3,(H,19,23). The Bertz CT molecular complexity index is 806. The van der Waals surface area contributed by atoms with Crippen LogP contribution in [0.15, 0.2) is 29.3 Å². The molecular weight excluding hydrogens is 352 g/mol. The quantitative estimate of drug-likeness (QED) is 0.791. The molecule has 2 N–H and O–H groups in total. The lowest BCUT2D eigenvalue weighted by atomic mass is 10.1. The van der Waals surface area contributed by atoms with E-state index in [1.165, 1.54) is 21.7 Å². The number of carbonyl (C=O) groups is 3. The Morgan fingerprint density at radius 1 is 1.31 bits per heavy atom. The first-order valence-electron chi connectivity index (χ1n) is 8.43. The molecule has 0 aliphatic carbocycles. The number of hydrogen-bond acceptors (Lipinski definition) is 5. The van der Waals surface area contributed by atoms with Crippen molar-refractivity contribution in [2.75, 3.05) is 11.9 Å². The van der Waals surface area contributed by atoms with Gasteiger partial charge in [-0.15, -0.1) is 0 Å². The fourth-order valence-corrected chi connectivity index (χ4v) is 3.82. The van der Waals surface area contributed by atoms with Gasteiger partial charge in [-0.05, 0) is 44.9 Å². The molecule has 1 aromatic rings. The summed E-state index contributed by atoms with van der Waals surface area (Å²) in [6.45, 7) is 7.32. The summed E-state index contributed by atoms with van der Waals surface area (Å²) in [6.07, 6.45) is 0. The van der Waals surface area contributed by atoms with Crippen LogP contribution in [0.25, 0.3) is 0 Å². The third-order valence-electron chi connectivity index (χ3n) is 4.59. The lowest BCUT2D eigenvalue weighted by Gasteiger charge is -2.39. The maximum absolute atomic E-state index is 12.8. The number of rotatable bonds is 4. The molecule has 4 amide bonds. The second-order valence-electron chi connectivity index (χ2n) is 6.68. The molecule has 1 atom stereocenters. The van der Waals surface area contributed by atoms with E-state index in [1.807, 2.05) is 32.0 Å². The molecule has 3 rings (SSSR count). The molecule has 2 heterocycles. The van der Waals surface area contributed by atoms with Crippen molar-refractivity contribution in [2.45, 2.75) is 39.8 Å². The molecule has 1 unspecified atom stereocenters. The molecule has 138 valence electrons. The minimum atomic E-state index is -0.603. The lowest BCUT2D eigenvalue weighted by Crippen LogP contribution is -2.62. The van der Waals surface area contributed by atoms with Gasteiger partial charge in [-0.2, -0.15) is 0 Å². The summed E-state index contributed by atoms with van der Waals surface area (Å²) in [4.78, 5) is 40.5. The number of aryl methyl sites for hydroxylation is 1. The van der Waals surface area contributed by atoms with Crippen LogP contribution < -0.4 is 10.0 Å². The van der Waals surface area contributed by atoms with Crippen LogP contribution in [-0.4, -0.2) is 46.3 Å². The van der Waals surface area contributed by atoms with Crippen molar-refractivity contribution in [1.82, 2.24) is 14.5 Å². The summed E-state index contributed by atoms with van der Waals surface area (Å²) in [7, 11) is 0. The molecule has 2 aliphatic rings. The minimum Gasteiger partial charge on any atom is -0.324 e. The number of amides is 4. The van der Waals surface area contributed by atoms with E-state index in [9.17, 15) is 14.4 Å². The Morgan fingerprint density at radius 3 is 2.73 bits per heavy atom. The summed E-state index contributed by atoms with van der Waals surface area (Å²) in [5.41, 5.74) is 3.31. The van der Waals surface area contributed by atoms with Gasteiger partial charge in [0.2, 0.25) is 5.91 Å². The summed E-state index contributed by atoms with van der Waals surface area (Å²) in [6, 6.07) is 4.33. The smallest absolute Gasteiger partial charge is 0.324 e. The van der Waals surface area contributed by atoms with Crippen LogP contribution in [0, 0.1) is 13.8 Å². The second-order valence-corrected chi connectivity index (χ2v) is 7.38. The number of fused-ring (bicyclic) bond motifs is 1. The number of benzene rings is 1.